The number of hydrogen-bond acceptors (Lipinski definition) is 3. The lowest BCUT2D eigenvalue weighted by Gasteiger charge is -2.36. The lowest BCUT2D eigenvalue weighted by Crippen LogP contribution is -2.49. The van der Waals surface area contributed by atoms with Gasteiger partial charge in [-0.1, -0.05) is 24.3 Å². The Morgan fingerprint density at radius 1 is 0.935 bits per heavy atom. The Morgan fingerprint density at radius 3 is 2.52 bits per heavy atom. The van der Waals surface area contributed by atoms with Crippen LogP contribution in [0.15, 0.2) is 71.3 Å². The Morgan fingerprint density at radius 2 is 1.74 bits per heavy atom. The normalized spacial score (nSPS) is 14.4. The number of carbonyl (C=O) groups is 1. The van der Waals surface area contributed by atoms with E-state index in [4.69, 9.17) is 4.42 Å². The summed E-state index contributed by atoms with van der Waals surface area (Å²) in [5.41, 5.74) is 3.22. The molecule has 158 valence electrons. The zero-order chi connectivity index (χ0) is 21.4. The van der Waals surface area contributed by atoms with Gasteiger partial charge in [-0.3, -0.25) is 4.79 Å². The molecule has 1 saturated heterocycles. The monoisotopic (exact) mass is 421 g/mol. The average molecular weight is 421 g/mol. The fourth-order valence-electron chi connectivity index (χ4n) is 4.16. The summed E-state index contributed by atoms with van der Waals surface area (Å²) in [5, 5.41) is 0. The molecule has 0 saturated carbocycles. The van der Waals surface area contributed by atoms with Crippen molar-refractivity contribution in [3.05, 3.63) is 89.8 Å². The molecular weight excluding hydrogens is 400 g/mol. The molecule has 1 amide bonds. The molecule has 4 aromatic rings. The molecule has 7 heteroatoms. The van der Waals surface area contributed by atoms with Gasteiger partial charge in [0.15, 0.2) is 5.58 Å². The van der Waals surface area contributed by atoms with Crippen molar-refractivity contribution in [2.45, 2.75) is 6.54 Å². The Balaban J connectivity index is 1.38. The van der Waals surface area contributed by atoms with E-state index < -0.39 is 0 Å². The van der Waals surface area contributed by atoms with E-state index in [1.54, 1.807) is 35.4 Å². The number of benzene rings is 2. The van der Waals surface area contributed by atoms with Gasteiger partial charge >= 0.3 is 0 Å². The number of amides is 1. The minimum Gasteiger partial charge on any atom is -0.463 e. The summed E-state index contributed by atoms with van der Waals surface area (Å²) in [7, 11) is 0. The van der Waals surface area contributed by atoms with E-state index in [1.807, 2.05) is 27.7 Å². The molecule has 0 spiro atoms. The number of furan rings is 1. The maximum absolute atomic E-state index is 14.1. The van der Waals surface area contributed by atoms with Crippen molar-refractivity contribution in [2.24, 2.45) is 0 Å². The molecule has 1 aliphatic rings. The number of halogens is 2. The first-order valence-electron chi connectivity index (χ1n) is 10.2. The molecule has 0 radical (unpaired) electrons. The van der Waals surface area contributed by atoms with Gasteiger partial charge in [0.2, 0.25) is 0 Å². The maximum Gasteiger partial charge on any atom is 0.270 e. The number of fused-ring (bicyclic) bond motifs is 1. The second-order valence-corrected chi connectivity index (χ2v) is 7.65. The van der Waals surface area contributed by atoms with Gasteiger partial charge in [0, 0.05) is 44.9 Å². The Kier molecular flexibility index (Phi) is 4.94. The topological polar surface area (TPSA) is 41.6 Å². The van der Waals surface area contributed by atoms with Gasteiger partial charge in [0.1, 0.15) is 17.3 Å². The van der Waals surface area contributed by atoms with Crippen LogP contribution in [0.1, 0.15) is 16.1 Å². The number of nitrogens with zero attached hydrogens (tertiary/aromatic N) is 3. The highest BCUT2D eigenvalue weighted by Crippen LogP contribution is 2.25. The molecule has 31 heavy (non-hydrogen) atoms. The SMILES string of the molecule is O=C(c1cc2occc2n1Cc1cccc(F)c1)N1CCN(c2ccccc2F)CC1. The van der Waals surface area contributed by atoms with Gasteiger partial charge in [0.25, 0.3) is 5.91 Å². The summed E-state index contributed by atoms with van der Waals surface area (Å²) < 4.78 is 35.1. The number of piperazine rings is 1. The van der Waals surface area contributed by atoms with Crippen LogP contribution < -0.4 is 4.90 Å². The fourth-order valence-corrected chi connectivity index (χ4v) is 4.16. The third-order valence-electron chi connectivity index (χ3n) is 5.73. The molecule has 3 heterocycles. The molecule has 0 atom stereocenters. The van der Waals surface area contributed by atoms with Crippen molar-refractivity contribution in [1.82, 2.24) is 9.47 Å². The molecular formula is C24H21F2N3O2. The quantitative estimate of drug-likeness (QED) is 0.487. The molecule has 2 aromatic heterocycles. The smallest absolute Gasteiger partial charge is 0.270 e. The van der Waals surface area contributed by atoms with E-state index in [9.17, 15) is 13.6 Å². The van der Waals surface area contributed by atoms with Crippen molar-refractivity contribution >= 4 is 22.7 Å². The summed E-state index contributed by atoms with van der Waals surface area (Å²) >= 11 is 0. The van der Waals surface area contributed by atoms with Crippen LogP contribution in [0.3, 0.4) is 0 Å². The molecule has 2 aromatic carbocycles. The van der Waals surface area contributed by atoms with E-state index in [2.05, 4.69) is 0 Å². The Hall–Kier alpha value is -3.61. The summed E-state index contributed by atoms with van der Waals surface area (Å²) in [6.45, 7) is 2.43. The van der Waals surface area contributed by atoms with Crippen molar-refractivity contribution < 1.29 is 18.0 Å². The van der Waals surface area contributed by atoms with Gasteiger partial charge in [-0.25, -0.2) is 8.78 Å². The summed E-state index contributed by atoms with van der Waals surface area (Å²) in [6, 6.07) is 16.6. The highest BCUT2D eigenvalue weighted by molar-refractivity contribution is 5.97. The number of anilines is 1. The molecule has 0 N–H and O–H groups in total. The number of hydrogen-bond donors (Lipinski definition) is 0. The molecule has 0 bridgehead atoms. The van der Waals surface area contributed by atoms with Crippen LogP contribution in [0.2, 0.25) is 0 Å². The average Bonchev–Trinajstić information content (AvgIpc) is 3.37. The van der Waals surface area contributed by atoms with Crippen molar-refractivity contribution in [1.29, 1.82) is 0 Å². The summed E-state index contributed by atoms with van der Waals surface area (Å²) in [5.74, 6) is -0.687. The minimum absolute atomic E-state index is 0.115. The molecule has 5 nitrogen and oxygen atoms in total. The van der Waals surface area contributed by atoms with Crippen LogP contribution in [0, 0.1) is 11.6 Å². The second kappa shape index (κ2) is 7.91. The Labute approximate surface area is 178 Å². The maximum atomic E-state index is 14.1. The predicted octanol–water partition coefficient (Wildman–Crippen LogP) is 4.52. The zero-order valence-electron chi connectivity index (χ0n) is 16.8. The highest BCUT2D eigenvalue weighted by atomic mass is 19.1. The number of para-hydroxylation sites is 1. The number of rotatable bonds is 4. The lowest BCUT2D eigenvalue weighted by molar-refractivity contribution is 0.0736. The molecule has 0 aliphatic carbocycles. The second-order valence-electron chi connectivity index (χ2n) is 7.65. The van der Waals surface area contributed by atoms with Gasteiger partial charge in [-0.05, 0) is 29.8 Å². The predicted molar refractivity (Wildman–Crippen MR) is 114 cm³/mol. The van der Waals surface area contributed by atoms with Crippen LogP contribution in [-0.4, -0.2) is 41.6 Å². The van der Waals surface area contributed by atoms with Crippen LogP contribution in [0.5, 0.6) is 0 Å². The van der Waals surface area contributed by atoms with E-state index in [0.717, 1.165) is 11.1 Å². The first-order valence-corrected chi connectivity index (χ1v) is 10.2. The first kappa shape index (κ1) is 19.4. The van der Waals surface area contributed by atoms with Crippen LogP contribution >= 0.6 is 0 Å². The van der Waals surface area contributed by atoms with E-state index in [1.165, 1.54) is 18.2 Å². The van der Waals surface area contributed by atoms with E-state index >= 15 is 0 Å². The van der Waals surface area contributed by atoms with Crippen molar-refractivity contribution in [2.75, 3.05) is 31.1 Å². The molecule has 1 aliphatic heterocycles. The lowest BCUT2D eigenvalue weighted by atomic mass is 10.2. The van der Waals surface area contributed by atoms with E-state index in [0.29, 0.717) is 49.7 Å². The number of carbonyl (C=O) groups excluding carboxylic acids is 1. The minimum atomic E-state index is -0.315. The molecule has 1 fully saturated rings. The van der Waals surface area contributed by atoms with Crippen LogP contribution in [0.25, 0.3) is 11.1 Å². The van der Waals surface area contributed by atoms with Crippen molar-refractivity contribution in [3.63, 3.8) is 0 Å². The van der Waals surface area contributed by atoms with E-state index in [-0.39, 0.29) is 17.5 Å². The van der Waals surface area contributed by atoms with Gasteiger partial charge in [-0.15, -0.1) is 0 Å². The van der Waals surface area contributed by atoms with Gasteiger partial charge < -0.3 is 18.8 Å². The van der Waals surface area contributed by atoms with Crippen molar-refractivity contribution in [3.8, 4) is 0 Å². The van der Waals surface area contributed by atoms with Gasteiger partial charge in [0.05, 0.1) is 17.5 Å². The summed E-state index contributed by atoms with van der Waals surface area (Å²) in [6.07, 6.45) is 1.58. The standard InChI is InChI=1S/C24H21F2N3O2/c25-18-5-3-4-17(14-18)16-29-21-8-13-31-23(21)15-22(29)24(30)28-11-9-27(10-12-28)20-7-2-1-6-19(20)26/h1-8,13-15H,9-12,16H2. The largest absolute Gasteiger partial charge is 0.463 e. The molecule has 5 rings (SSSR count). The fraction of sp³-hybridized carbons (Fsp3) is 0.208. The zero-order valence-corrected chi connectivity index (χ0v) is 16.8. The third kappa shape index (κ3) is 3.67. The highest BCUT2D eigenvalue weighted by Gasteiger charge is 2.27. The molecule has 0 unspecified atom stereocenters. The third-order valence-corrected chi connectivity index (χ3v) is 5.73. The first-order chi connectivity index (χ1) is 15.1. The van der Waals surface area contributed by atoms with Gasteiger partial charge in [-0.2, -0.15) is 0 Å². The summed E-state index contributed by atoms with van der Waals surface area (Å²) in [4.78, 5) is 17.1. The van der Waals surface area contributed by atoms with Crippen LogP contribution in [-0.2, 0) is 6.54 Å². The number of aromatic nitrogens is 1. The Bertz CT molecular complexity index is 1240. The van der Waals surface area contributed by atoms with Crippen LogP contribution in [0.4, 0.5) is 14.5 Å².